The van der Waals surface area contributed by atoms with Gasteiger partial charge in [0.05, 0.1) is 0 Å². The highest BCUT2D eigenvalue weighted by Gasteiger charge is 2.45. The highest BCUT2D eigenvalue weighted by atomic mass is 16.3. The van der Waals surface area contributed by atoms with Crippen LogP contribution in [0.25, 0.3) is 5.57 Å². The molecule has 2 aliphatic carbocycles. The molecule has 0 radical (unpaired) electrons. The zero-order valence-corrected chi connectivity index (χ0v) is 10.9. The number of benzene rings is 1. The molecule has 0 heterocycles. The smallest absolute Gasteiger partial charge is 0.158 e. The maximum absolute atomic E-state index is 12.0. The van der Waals surface area contributed by atoms with Gasteiger partial charge in [0.1, 0.15) is 5.75 Å². The van der Waals surface area contributed by atoms with Crippen LogP contribution in [0.15, 0.2) is 23.8 Å². The summed E-state index contributed by atoms with van der Waals surface area (Å²) in [5, 5.41) is 10.1. The molecule has 2 heteroatoms. The number of carbonyl (C=O) groups excluding carboxylic acids is 1. The van der Waals surface area contributed by atoms with Crippen molar-refractivity contribution in [2.45, 2.75) is 39.5 Å². The minimum absolute atomic E-state index is 0.0825. The third-order valence-electron chi connectivity index (χ3n) is 4.74. The highest BCUT2D eigenvalue weighted by Crippen LogP contribution is 2.57. The molecule has 1 aromatic carbocycles. The summed E-state index contributed by atoms with van der Waals surface area (Å²) < 4.78 is 0. The summed E-state index contributed by atoms with van der Waals surface area (Å²) in [5.41, 5.74) is 4.20. The van der Waals surface area contributed by atoms with Crippen LogP contribution >= 0.6 is 0 Å². The zero-order valence-electron chi connectivity index (χ0n) is 10.9. The number of aromatic hydroxyl groups is 1. The van der Waals surface area contributed by atoms with Crippen molar-refractivity contribution in [2.24, 2.45) is 5.41 Å². The molecule has 0 aromatic heterocycles. The van der Waals surface area contributed by atoms with Crippen molar-refractivity contribution in [3.05, 3.63) is 34.9 Å². The summed E-state index contributed by atoms with van der Waals surface area (Å²) in [6.07, 6.45) is 3.56. The first-order valence-corrected chi connectivity index (χ1v) is 6.65. The first-order chi connectivity index (χ1) is 8.59. The molecule has 1 N–H and O–H groups in total. The Morgan fingerprint density at radius 3 is 2.89 bits per heavy atom. The van der Waals surface area contributed by atoms with Gasteiger partial charge in [0.2, 0.25) is 0 Å². The molecular formula is C16H18O2. The molecule has 0 saturated heterocycles. The average molecular weight is 242 g/mol. The predicted molar refractivity (Wildman–Crippen MR) is 71.4 cm³/mol. The normalized spacial score (nSPS) is 26.2. The number of phenolic OH excluding ortho intramolecular Hbond substituents is 1. The Labute approximate surface area is 107 Å². The topological polar surface area (TPSA) is 37.3 Å². The SMILES string of the molecule is CCC12CCC(=O)C(C)=C1c1c(O)cccc1C2. The lowest BCUT2D eigenvalue weighted by atomic mass is 9.68. The van der Waals surface area contributed by atoms with Crippen molar-refractivity contribution in [3.63, 3.8) is 0 Å². The van der Waals surface area contributed by atoms with Gasteiger partial charge >= 0.3 is 0 Å². The van der Waals surface area contributed by atoms with E-state index in [4.69, 9.17) is 0 Å². The fourth-order valence-corrected chi connectivity index (χ4v) is 3.70. The molecule has 94 valence electrons. The van der Waals surface area contributed by atoms with Crippen LogP contribution in [0.2, 0.25) is 0 Å². The van der Waals surface area contributed by atoms with Crippen LogP contribution in [-0.2, 0) is 11.2 Å². The Hall–Kier alpha value is -1.57. The number of hydrogen-bond acceptors (Lipinski definition) is 2. The van der Waals surface area contributed by atoms with Gasteiger partial charge < -0.3 is 5.11 Å². The number of hydrogen-bond donors (Lipinski definition) is 1. The molecule has 0 saturated carbocycles. The predicted octanol–water partition coefficient (Wildman–Crippen LogP) is 3.48. The lowest BCUT2D eigenvalue weighted by Crippen LogP contribution is -2.27. The van der Waals surface area contributed by atoms with Crippen molar-refractivity contribution in [3.8, 4) is 5.75 Å². The number of allylic oxidation sites excluding steroid dienone is 2. The van der Waals surface area contributed by atoms with Crippen molar-refractivity contribution >= 4 is 11.4 Å². The van der Waals surface area contributed by atoms with Crippen molar-refractivity contribution < 1.29 is 9.90 Å². The lowest BCUT2D eigenvalue weighted by Gasteiger charge is -2.34. The minimum Gasteiger partial charge on any atom is -0.507 e. The number of rotatable bonds is 1. The molecule has 3 rings (SSSR count). The Morgan fingerprint density at radius 1 is 1.39 bits per heavy atom. The molecule has 0 aliphatic heterocycles. The fraction of sp³-hybridized carbons (Fsp3) is 0.438. The summed E-state index contributed by atoms with van der Waals surface area (Å²) in [4.78, 5) is 12.0. The van der Waals surface area contributed by atoms with E-state index in [9.17, 15) is 9.90 Å². The number of fused-ring (bicyclic) bond motifs is 3. The van der Waals surface area contributed by atoms with Crippen molar-refractivity contribution in [1.29, 1.82) is 0 Å². The van der Waals surface area contributed by atoms with Crippen LogP contribution in [0.1, 0.15) is 44.2 Å². The third-order valence-corrected chi connectivity index (χ3v) is 4.74. The van der Waals surface area contributed by atoms with Gasteiger partial charge in [-0.1, -0.05) is 19.1 Å². The lowest BCUT2D eigenvalue weighted by molar-refractivity contribution is -0.116. The molecular weight excluding hydrogens is 224 g/mol. The van der Waals surface area contributed by atoms with E-state index in [1.807, 2.05) is 13.0 Å². The van der Waals surface area contributed by atoms with Crippen LogP contribution in [0.3, 0.4) is 0 Å². The molecule has 0 bridgehead atoms. The molecule has 0 fully saturated rings. The number of Topliss-reactive ketones (excluding diaryl/α,β-unsaturated/α-hetero) is 1. The second-order valence-electron chi connectivity index (χ2n) is 5.55. The molecule has 2 aliphatic rings. The Kier molecular flexibility index (Phi) is 2.37. The van der Waals surface area contributed by atoms with Crippen LogP contribution in [0.5, 0.6) is 5.75 Å². The van der Waals surface area contributed by atoms with Crippen molar-refractivity contribution in [2.75, 3.05) is 0 Å². The average Bonchev–Trinajstić information content (AvgIpc) is 2.71. The summed E-state index contributed by atoms with van der Waals surface area (Å²) in [6.45, 7) is 4.11. The van der Waals surface area contributed by atoms with Gasteiger partial charge in [0.15, 0.2) is 5.78 Å². The standard InChI is InChI=1S/C16H18O2/c1-3-16-8-7-12(17)10(2)15(16)14-11(9-16)5-4-6-13(14)18/h4-6,18H,3,7-9H2,1-2H3. The summed E-state index contributed by atoms with van der Waals surface area (Å²) in [6, 6.07) is 5.70. The van der Waals surface area contributed by atoms with E-state index < -0.39 is 0 Å². The number of ketones is 1. The molecule has 2 nitrogen and oxygen atoms in total. The Morgan fingerprint density at radius 2 is 2.17 bits per heavy atom. The van der Waals surface area contributed by atoms with E-state index in [2.05, 4.69) is 13.0 Å². The highest BCUT2D eigenvalue weighted by molar-refractivity contribution is 6.06. The van der Waals surface area contributed by atoms with Gasteiger partial charge in [0, 0.05) is 17.4 Å². The molecule has 1 unspecified atom stereocenters. The molecule has 18 heavy (non-hydrogen) atoms. The van der Waals surface area contributed by atoms with Crippen LogP contribution in [0, 0.1) is 5.41 Å². The largest absolute Gasteiger partial charge is 0.507 e. The second-order valence-corrected chi connectivity index (χ2v) is 5.55. The van der Waals surface area contributed by atoms with Gasteiger partial charge in [-0.05, 0) is 49.0 Å². The van der Waals surface area contributed by atoms with Gasteiger partial charge in [0.25, 0.3) is 0 Å². The monoisotopic (exact) mass is 242 g/mol. The third kappa shape index (κ3) is 1.32. The first-order valence-electron chi connectivity index (χ1n) is 6.65. The van der Waals surface area contributed by atoms with E-state index in [-0.39, 0.29) is 11.2 Å². The molecule has 1 aromatic rings. The van der Waals surface area contributed by atoms with Gasteiger partial charge in [-0.2, -0.15) is 0 Å². The maximum Gasteiger partial charge on any atom is 0.158 e. The van der Waals surface area contributed by atoms with E-state index in [0.29, 0.717) is 12.2 Å². The van der Waals surface area contributed by atoms with Gasteiger partial charge in [-0.25, -0.2) is 0 Å². The number of carbonyl (C=O) groups is 1. The van der Waals surface area contributed by atoms with Crippen LogP contribution in [0.4, 0.5) is 0 Å². The van der Waals surface area contributed by atoms with E-state index >= 15 is 0 Å². The molecule has 1 atom stereocenters. The Bertz CT molecular complexity index is 568. The summed E-state index contributed by atoms with van der Waals surface area (Å²) in [7, 11) is 0. The molecule has 0 spiro atoms. The fourth-order valence-electron chi connectivity index (χ4n) is 3.70. The first kappa shape index (κ1) is 11.5. The number of phenols is 1. The summed E-state index contributed by atoms with van der Waals surface area (Å²) in [5.74, 6) is 0.567. The second kappa shape index (κ2) is 3.71. The summed E-state index contributed by atoms with van der Waals surface area (Å²) >= 11 is 0. The Balaban J connectivity index is 2.32. The van der Waals surface area contributed by atoms with Gasteiger partial charge in [-0.15, -0.1) is 0 Å². The van der Waals surface area contributed by atoms with E-state index in [0.717, 1.165) is 36.0 Å². The molecule has 0 amide bonds. The van der Waals surface area contributed by atoms with E-state index in [1.54, 1.807) is 6.07 Å². The van der Waals surface area contributed by atoms with Gasteiger partial charge in [-0.3, -0.25) is 4.79 Å². The maximum atomic E-state index is 12.0. The van der Waals surface area contributed by atoms with Crippen molar-refractivity contribution in [1.82, 2.24) is 0 Å². The van der Waals surface area contributed by atoms with E-state index in [1.165, 1.54) is 5.56 Å². The zero-order chi connectivity index (χ0) is 12.9. The minimum atomic E-state index is 0.0825. The van der Waals surface area contributed by atoms with Crippen LogP contribution in [-0.4, -0.2) is 10.9 Å². The van der Waals surface area contributed by atoms with Crippen LogP contribution < -0.4 is 0 Å². The quantitative estimate of drug-likeness (QED) is 0.818.